The zero-order chi connectivity index (χ0) is 30.9. The lowest BCUT2D eigenvalue weighted by molar-refractivity contribution is -0.128. The minimum Gasteiger partial charge on any atom is -0.490 e. The zero-order valence-electron chi connectivity index (χ0n) is 23.1. The van der Waals surface area contributed by atoms with E-state index >= 15 is 0 Å². The highest BCUT2D eigenvalue weighted by atomic mass is 35.5. The van der Waals surface area contributed by atoms with Crippen molar-refractivity contribution in [2.75, 3.05) is 18.2 Å². The summed E-state index contributed by atoms with van der Waals surface area (Å²) in [4.78, 5) is 30.7. The molecule has 4 aromatic rings. The highest BCUT2D eigenvalue weighted by Crippen LogP contribution is 2.45. The molecule has 3 aromatic carbocycles. The molecular formula is C29H27Cl3F2N4O4. The molecule has 0 saturated carbocycles. The van der Waals surface area contributed by atoms with E-state index in [-0.39, 0.29) is 62.6 Å². The molecule has 0 saturated heterocycles. The molecule has 0 fully saturated rings. The lowest BCUT2D eigenvalue weighted by atomic mass is 9.95. The van der Waals surface area contributed by atoms with Crippen LogP contribution in [0.5, 0.6) is 5.75 Å². The molecule has 0 aliphatic heterocycles. The van der Waals surface area contributed by atoms with E-state index in [1.807, 2.05) is 0 Å². The van der Waals surface area contributed by atoms with E-state index in [4.69, 9.17) is 39.5 Å². The first kappa shape index (κ1) is 31.3. The second-order valence-electron chi connectivity index (χ2n) is 10.4. The van der Waals surface area contributed by atoms with Crippen LogP contribution in [0.1, 0.15) is 36.7 Å². The van der Waals surface area contributed by atoms with Crippen LogP contribution in [0.2, 0.25) is 15.1 Å². The van der Waals surface area contributed by atoms with Gasteiger partial charge < -0.3 is 19.7 Å². The van der Waals surface area contributed by atoms with Crippen molar-refractivity contribution < 1.29 is 28.2 Å². The molecule has 0 bridgehead atoms. The normalized spacial score (nSPS) is 11.5. The van der Waals surface area contributed by atoms with Gasteiger partial charge >= 0.3 is 5.97 Å². The summed E-state index contributed by atoms with van der Waals surface area (Å²) < 4.78 is 34.0. The van der Waals surface area contributed by atoms with Crippen molar-refractivity contribution in [3.05, 3.63) is 74.5 Å². The molecule has 0 aliphatic rings. The van der Waals surface area contributed by atoms with Crippen molar-refractivity contribution in [1.29, 1.82) is 0 Å². The molecule has 1 amide bonds. The van der Waals surface area contributed by atoms with E-state index in [0.717, 1.165) is 0 Å². The standard InChI is InChI=1S/C29H27Cl3F2N4O4/c1-29(2,3)27(41)35-14-15-5-7-18(30)25(24(15)32)38(16-6-8-20(34)19(31)11-16)28-36-21-12-17(26(39)40)23(42-10-9-33)13-22(21)37(28)4/h5-8,11-13H,9-10,14H2,1-4H3,(H,35,41)(H,39,40). The van der Waals surface area contributed by atoms with Crippen LogP contribution in [-0.2, 0) is 18.4 Å². The predicted molar refractivity (Wildman–Crippen MR) is 160 cm³/mol. The predicted octanol–water partition coefficient (Wildman–Crippen LogP) is 7.85. The Balaban J connectivity index is 1.95. The number of rotatable bonds is 9. The molecule has 1 aromatic heterocycles. The Hall–Kier alpha value is -3.60. The Morgan fingerprint density at radius 1 is 1.10 bits per heavy atom. The Morgan fingerprint density at radius 3 is 2.43 bits per heavy atom. The summed E-state index contributed by atoms with van der Waals surface area (Å²) in [5, 5.41) is 12.8. The average molecular weight is 640 g/mol. The van der Waals surface area contributed by atoms with Gasteiger partial charge in [-0.05, 0) is 35.9 Å². The third kappa shape index (κ3) is 6.25. The Morgan fingerprint density at radius 2 is 1.81 bits per heavy atom. The maximum Gasteiger partial charge on any atom is 0.339 e. The number of aryl methyl sites for hydroxylation is 1. The lowest BCUT2D eigenvalue weighted by Crippen LogP contribution is -2.34. The highest BCUT2D eigenvalue weighted by Gasteiger charge is 2.28. The number of imidazole rings is 1. The molecule has 0 radical (unpaired) electrons. The quantitative estimate of drug-likeness (QED) is 0.194. The summed E-state index contributed by atoms with van der Waals surface area (Å²) in [6.07, 6.45) is 0. The summed E-state index contributed by atoms with van der Waals surface area (Å²) in [6, 6.07) is 10.0. The summed E-state index contributed by atoms with van der Waals surface area (Å²) in [5.41, 5.74) is 1.03. The van der Waals surface area contributed by atoms with Gasteiger partial charge in [-0.2, -0.15) is 0 Å². The summed E-state index contributed by atoms with van der Waals surface area (Å²) in [7, 11) is 1.66. The van der Waals surface area contributed by atoms with Crippen LogP contribution in [0.4, 0.5) is 26.1 Å². The maximum atomic E-state index is 14.2. The number of nitrogens with one attached hydrogen (secondary N) is 1. The first-order chi connectivity index (χ1) is 19.7. The molecule has 222 valence electrons. The number of alkyl halides is 1. The third-order valence-corrected chi connectivity index (χ3v) is 7.39. The lowest BCUT2D eigenvalue weighted by Gasteiger charge is -2.27. The third-order valence-electron chi connectivity index (χ3n) is 6.38. The number of anilines is 3. The van der Waals surface area contributed by atoms with Crippen LogP contribution in [0.15, 0.2) is 42.5 Å². The van der Waals surface area contributed by atoms with Gasteiger partial charge in [0.2, 0.25) is 11.9 Å². The number of aromatic carboxylic acids is 1. The van der Waals surface area contributed by atoms with Gasteiger partial charge in [0.05, 0.1) is 37.5 Å². The number of carbonyl (C=O) groups excluding carboxylic acids is 1. The van der Waals surface area contributed by atoms with Gasteiger partial charge in [0.15, 0.2) is 0 Å². The summed E-state index contributed by atoms with van der Waals surface area (Å²) >= 11 is 19.8. The van der Waals surface area contributed by atoms with E-state index < -0.39 is 23.9 Å². The second-order valence-corrected chi connectivity index (χ2v) is 11.6. The fourth-order valence-corrected chi connectivity index (χ4v) is 4.96. The first-order valence-corrected chi connectivity index (χ1v) is 13.8. The van der Waals surface area contributed by atoms with Gasteiger partial charge in [-0.25, -0.2) is 18.6 Å². The molecule has 0 spiro atoms. The molecule has 1 heterocycles. The first-order valence-electron chi connectivity index (χ1n) is 12.7. The van der Waals surface area contributed by atoms with Crippen molar-refractivity contribution in [3.8, 4) is 5.75 Å². The molecule has 8 nitrogen and oxygen atoms in total. The van der Waals surface area contributed by atoms with Gasteiger partial charge in [0.25, 0.3) is 0 Å². The molecule has 0 atom stereocenters. The number of ether oxygens (including phenoxy) is 1. The number of aromatic nitrogens is 2. The largest absolute Gasteiger partial charge is 0.490 e. The van der Waals surface area contributed by atoms with E-state index in [1.54, 1.807) is 49.4 Å². The number of amides is 1. The van der Waals surface area contributed by atoms with Gasteiger partial charge in [0, 0.05) is 25.1 Å². The molecule has 13 heteroatoms. The number of carboxylic acids is 1. The zero-order valence-corrected chi connectivity index (χ0v) is 25.3. The number of fused-ring (bicyclic) bond motifs is 1. The molecule has 2 N–H and O–H groups in total. The number of benzene rings is 3. The smallest absolute Gasteiger partial charge is 0.339 e. The van der Waals surface area contributed by atoms with Crippen molar-refractivity contribution >= 4 is 75.0 Å². The summed E-state index contributed by atoms with van der Waals surface area (Å²) in [5.74, 6) is -1.94. The Kier molecular flexibility index (Phi) is 9.20. The SMILES string of the molecule is Cn1c(N(c2ccc(F)c(Cl)c2)c2c(Cl)ccc(CNC(=O)C(C)(C)C)c2Cl)nc2cc(C(=O)O)c(OCCF)cc21. The van der Waals surface area contributed by atoms with Crippen molar-refractivity contribution in [2.45, 2.75) is 27.3 Å². The van der Waals surface area contributed by atoms with Crippen LogP contribution in [0.3, 0.4) is 0 Å². The van der Waals surface area contributed by atoms with Crippen molar-refractivity contribution in [3.63, 3.8) is 0 Å². The number of nitrogens with zero attached hydrogens (tertiary/aromatic N) is 3. The maximum absolute atomic E-state index is 14.2. The van der Waals surface area contributed by atoms with Crippen LogP contribution in [-0.4, -0.2) is 39.8 Å². The van der Waals surface area contributed by atoms with E-state index in [1.165, 1.54) is 30.3 Å². The van der Waals surface area contributed by atoms with Crippen LogP contribution in [0, 0.1) is 11.2 Å². The topological polar surface area (TPSA) is 96.7 Å². The molecule has 42 heavy (non-hydrogen) atoms. The fraction of sp³-hybridized carbons (Fsp3) is 0.276. The monoisotopic (exact) mass is 638 g/mol. The second kappa shape index (κ2) is 12.3. The van der Waals surface area contributed by atoms with Gasteiger partial charge in [-0.1, -0.05) is 61.6 Å². The molecule has 0 unspecified atom stereocenters. The van der Waals surface area contributed by atoms with E-state index in [9.17, 15) is 23.5 Å². The Labute approximate surface area is 255 Å². The molecule has 0 aliphatic carbocycles. The van der Waals surface area contributed by atoms with Gasteiger partial charge in [-0.15, -0.1) is 0 Å². The Bertz CT molecular complexity index is 1690. The van der Waals surface area contributed by atoms with Crippen LogP contribution >= 0.6 is 34.8 Å². The van der Waals surface area contributed by atoms with E-state index in [2.05, 4.69) is 10.3 Å². The molecular weight excluding hydrogens is 613 g/mol. The number of hydrogen-bond donors (Lipinski definition) is 2. The number of hydrogen-bond acceptors (Lipinski definition) is 5. The van der Waals surface area contributed by atoms with Gasteiger partial charge in [-0.3, -0.25) is 9.69 Å². The van der Waals surface area contributed by atoms with Gasteiger partial charge in [0.1, 0.15) is 30.4 Å². The van der Waals surface area contributed by atoms with Crippen molar-refractivity contribution in [2.24, 2.45) is 12.5 Å². The summed E-state index contributed by atoms with van der Waals surface area (Å²) in [6.45, 7) is 4.31. The minimum atomic E-state index is -1.28. The average Bonchev–Trinajstić information content (AvgIpc) is 3.24. The minimum absolute atomic E-state index is 0.0359. The molecule has 4 rings (SSSR count). The highest BCUT2D eigenvalue weighted by molar-refractivity contribution is 6.40. The fourth-order valence-electron chi connectivity index (χ4n) is 4.18. The number of carbonyl (C=O) groups is 2. The van der Waals surface area contributed by atoms with Crippen LogP contribution < -0.4 is 15.0 Å². The van der Waals surface area contributed by atoms with E-state index in [0.29, 0.717) is 16.8 Å². The van der Waals surface area contributed by atoms with Crippen LogP contribution in [0.25, 0.3) is 11.0 Å². The number of halogens is 5. The van der Waals surface area contributed by atoms with Crippen molar-refractivity contribution in [1.82, 2.24) is 14.9 Å². The number of carboxylic acid groups (broad SMARTS) is 1.